The van der Waals surface area contributed by atoms with Gasteiger partial charge in [-0.2, -0.15) is 0 Å². The fourth-order valence-electron chi connectivity index (χ4n) is 1.55. The molecule has 2 aromatic heterocycles. The van der Waals surface area contributed by atoms with Crippen LogP contribution in [-0.4, -0.2) is 22.0 Å². The Hall–Kier alpha value is -1.21. The van der Waals surface area contributed by atoms with Crippen molar-refractivity contribution in [3.8, 4) is 0 Å². The molecule has 2 rings (SSSR count). The molecule has 5 nitrogen and oxygen atoms in total. The second-order valence-electron chi connectivity index (χ2n) is 3.61. The normalized spacial score (nSPS) is 12.2. The predicted octanol–water partition coefficient (Wildman–Crippen LogP) is 3.30. The third-order valence-electron chi connectivity index (χ3n) is 2.49. The first kappa shape index (κ1) is 13.2. The summed E-state index contributed by atoms with van der Waals surface area (Å²) >= 11 is 5.14. The maximum Gasteiger partial charge on any atom is 0.146 e. The van der Waals surface area contributed by atoms with Crippen LogP contribution in [0.15, 0.2) is 22.4 Å². The summed E-state index contributed by atoms with van der Waals surface area (Å²) in [6.07, 6.45) is 4.30. The fourth-order valence-corrected chi connectivity index (χ4v) is 2.84. The van der Waals surface area contributed by atoms with Gasteiger partial charge in [-0.05, 0) is 22.4 Å². The van der Waals surface area contributed by atoms with Gasteiger partial charge >= 0.3 is 0 Å². The number of hydrogen-bond donors (Lipinski definition) is 2. The van der Waals surface area contributed by atoms with E-state index in [9.17, 15) is 0 Å². The van der Waals surface area contributed by atoms with E-state index in [1.807, 2.05) is 18.6 Å². The van der Waals surface area contributed by atoms with Gasteiger partial charge in [-0.15, -0.1) is 11.3 Å². The van der Waals surface area contributed by atoms with Gasteiger partial charge in [0, 0.05) is 18.6 Å². The zero-order valence-electron chi connectivity index (χ0n) is 10.1. The highest BCUT2D eigenvalue weighted by Crippen LogP contribution is 2.30. The van der Waals surface area contributed by atoms with Crippen molar-refractivity contribution in [2.45, 2.75) is 19.4 Å². The molecule has 0 aliphatic heterocycles. The minimum absolute atomic E-state index is 0.168. The monoisotopic (exact) mass is 327 g/mol. The van der Waals surface area contributed by atoms with Crippen LogP contribution in [0.1, 0.15) is 24.4 Å². The van der Waals surface area contributed by atoms with Crippen LogP contribution < -0.4 is 10.6 Å². The van der Waals surface area contributed by atoms with Crippen molar-refractivity contribution in [3.63, 3.8) is 0 Å². The van der Waals surface area contributed by atoms with Crippen LogP contribution in [0.4, 0.5) is 11.6 Å². The zero-order chi connectivity index (χ0) is 13.0. The molecule has 0 saturated heterocycles. The van der Waals surface area contributed by atoms with Crippen LogP contribution in [0, 0.1) is 0 Å². The Bertz CT molecular complexity index is 502. The molecule has 2 aromatic rings. The molecular weight excluding hydrogens is 314 g/mol. The summed E-state index contributed by atoms with van der Waals surface area (Å²) in [6, 6.07) is 0.168. The summed E-state index contributed by atoms with van der Waals surface area (Å²) in [5.74, 6) is 1.54. The van der Waals surface area contributed by atoms with Crippen LogP contribution >= 0.6 is 27.3 Å². The van der Waals surface area contributed by atoms with Crippen molar-refractivity contribution in [1.82, 2.24) is 15.0 Å². The Morgan fingerprint density at radius 1 is 1.33 bits per heavy atom. The Morgan fingerprint density at radius 3 is 2.72 bits per heavy atom. The first-order chi connectivity index (χ1) is 8.76. The highest BCUT2D eigenvalue weighted by molar-refractivity contribution is 9.10. The number of thiazole rings is 1. The first-order valence-corrected chi connectivity index (χ1v) is 7.27. The van der Waals surface area contributed by atoms with Crippen molar-refractivity contribution < 1.29 is 0 Å². The number of rotatable bonds is 5. The van der Waals surface area contributed by atoms with Gasteiger partial charge in [0.25, 0.3) is 0 Å². The Labute approximate surface area is 118 Å². The van der Waals surface area contributed by atoms with Crippen LogP contribution in [0.5, 0.6) is 0 Å². The van der Waals surface area contributed by atoms with Gasteiger partial charge in [0.1, 0.15) is 27.4 Å². The molecule has 0 aliphatic carbocycles. The number of anilines is 2. The molecular formula is C11H14BrN5S. The lowest BCUT2D eigenvalue weighted by molar-refractivity contribution is 0.736. The van der Waals surface area contributed by atoms with Crippen LogP contribution in [0.25, 0.3) is 0 Å². The molecule has 18 heavy (non-hydrogen) atoms. The summed E-state index contributed by atoms with van der Waals surface area (Å²) in [5, 5.41) is 9.44. The van der Waals surface area contributed by atoms with Gasteiger partial charge < -0.3 is 10.6 Å². The summed E-state index contributed by atoms with van der Waals surface area (Å²) in [5.41, 5.74) is 0. The zero-order valence-corrected chi connectivity index (χ0v) is 12.5. The van der Waals surface area contributed by atoms with Crippen molar-refractivity contribution in [3.05, 3.63) is 27.4 Å². The first-order valence-electron chi connectivity index (χ1n) is 5.60. The average molecular weight is 328 g/mol. The number of halogens is 1. The maximum atomic E-state index is 4.34. The lowest BCUT2D eigenvalue weighted by atomic mass is 10.2. The van der Waals surface area contributed by atoms with Gasteiger partial charge in [-0.3, -0.25) is 0 Å². The summed E-state index contributed by atoms with van der Waals surface area (Å²) in [4.78, 5) is 12.7. The second kappa shape index (κ2) is 6.10. The van der Waals surface area contributed by atoms with Gasteiger partial charge in [-0.1, -0.05) is 6.92 Å². The summed E-state index contributed by atoms with van der Waals surface area (Å²) in [6.45, 7) is 2.12. The number of nitrogens with zero attached hydrogens (tertiary/aromatic N) is 3. The van der Waals surface area contributed by atoms with E-state index < -0.39 is 0 Å². The molecule has 0 spiro atoms. The number of aromatic nitrogens is 3. The molecule has 0 radical (unpaired) electrons. The molecule has 0 aromatic carbocycles. The third kappa shape index (κ3) is 2.78. The summed E-state index contributed by atoms with van der Waals surface area (Å²) in [7, 11) is 1.83. The van der Waals surface area contributed by atoms with Crippen LogP contribution in [-0.2, 0) is 0 Å². The SMILES string of the molecule is CCC(Nc1ncnc(NC)c1Br)c1nccs1. The van der Waals surface area contributed by atoms with E-state index in [4.69, 9.17) is 0 Å². The van der Waals surface area contributed by atoms with E-state index in [0.29, 0.717) is 0 Å². The van der Waals surface area contributed by atoms with Crippen molar-refractivity contribution in [2.24, 2.45) is 0 Å². The van der Waals surface area contributed by atoms with Gasteiger partial charge in [0.2, 0.25) is 0 Å². The molecule has 0 saturated carbocycles. The van der Waals surface area contributed by atoms with E-state index in [0.717, 1.165) is 27.5 Å². The Balaban J connectivity index is 2.22. The molecule has 0 amide bonds. The van der Waals surface area contributed by atoms with Crippen molar-refractivity contribution >= 4 is 38.9 Å². The van der Waals surface area contributed by atoms with E-state index in [1.165, 1.54) is 6.33 Å². The molecule has 7 heteroatoms. The van der Waals surface area contributed by atoms with Gasteiger partial charge in [-0.25, -0.2) is 15.0 Å². The topological polar surface area (TPSA) is 62.7 Å². The van der Waals surface area contributed by atoms with Gasteiger partial charge in [0.05, 0.1) is 6.04 Å². The quantitative estimate of drug-likeness (QED) is 0.882. The fraction of sp³-hybridized carbons (Fsp3) is 0.364. The highest BCUT2D eigenvalue weighted by atomic mass is 79.9. The second-order valence-corrected chi connectivity index (χ2v) is 5.33. The molecule has 2 N–H and O–H groups in total. The van der Waals surface area contributed by atoms with E-state index in [-0.39, 0.29) is 6.04 Å². The number of hydrogen-bond acceptors (Lipinski definition) is 6. The molecule has 0 bridgehead atoms. The molecule has 96 valence electrons. The Morgan fingerprint density at radius 2 is 2.11 bits per heavy atom. The van der Waals surface area contributed by atoms with Gasteiger partial charge in [0.15, 0.2) is 0 Å². The van der Waals surface area contributed by atoms with E-state index in [2.05, 4.69) is 48.4 Å². The van der Waals surface area contributed by atoms with E-state index in [1.54, 1.807) is 11.3 Å². The summed E-state index contributed by atoms with van der Waals surface area (Å²) < 4.78 is 0.836. The molecule has 2 heterocycles. The van der Waals surface area contributed by atoms with Crippen LogP contribution in [0.3, 0.4) is 0 Å². The molecule has 0 aliphatic rings. The van der Waals surface area contributed by atoms with Crippen molar-refractivity contribution in [2.75, 3.05) is 17.7 Å². The minimum atomic E-state index is 0.168. The lowest BCUT2D eigenvalue weighted by Crippen LogP contribution is -2.11. The molecule has 0 fully saturated rings. The largest absolute Gasteiger partial charge is 0.372 e. The van der Waals surface area contributed by atoms with E-state index >= 15 is 0 Å². The predicted molar refractivity (Wildman–Crippen MR) is 78.0 cm³/mol. The number of nitrogens with one attached hydrogen (secondary N) is 2. The van der Waals surface area contributed by atoms with Crippen LogP contribution in [0.2, 0.25) is 0 Å². The third-order valence-corrected chi connectivity index (χ3v) is 4.14. The smallest absolute Gasteiger partial charge is 0.146 e. The van der Waals surface area contributed by atoms with Crippen molar-refractivity contribution in [1.29, 1.82) is 0 Å². The Kier molecular flexibility index (Phi) is 4.48. The molecule has 1 unspecified atom stereocenters. The average Bonchev–Trinajstić information content (AvgIpc) is 2.91. The lowest BCUT2D eigenvalue weighted by Gasteiger charge is -2.16. The maximum absolute atomic E-state index is 4.34. The standard InChI is InChI=1S/C11H14BrN5S/c1-3-7(11-14-4-5-18-11)17-10-8(12)9(13-2)15-6-16-10/h4-7H,3H2,1-2H3,(H2,13,15,16,17). The minimum Gasteiger partial charge on any atom is -0.372 e. The molecule has 1 atom stereocenters. The highest BCUT2D eigenvalue weighted by Gasteiger charge is 2.15.